The van der Waals surface area contributed by atoms with Gasteiger partial charge >= 0.3 is 29.0 Å². The second-order valence-electron chi connectivity index (χ2n) is 9.14. The predicted molar refractivity (Wildman–Crippen MR) is 148 cm³/mol. The van der Waals surface area contributed by atoms with E-state index < -0.39 is 12.8 Å². The summed E-state index contributed by atoms with van der Waals surface area (Å²) in [5.74, 6) is -1.27. The third-order valence-electron chi connectivity index (χ3n) is 6.61. The second-order valence-corrected chi connectivity index (χ2v) is 9.14. The Hall–Kier alpha value is -2.84. The number of hydrogen-bond acceptors (Lipinski definition) is 8. The van der Waals surface area contributed by atoms with E-state index in [1.807, 2.05) is 0 Å². The number of hydrogen-bond donors (Lipinski definition) is 1. The van der Waals surface area contributed by atoms with Gasteiger partial charge in [-0.25, -0.2) is 4.79 Å². The zero-order valence-electron chi connectivity index (χ0n) is 23.6. The molecule has 0 radical (unpaired) electrons. The Morgan fingerprint density at radius 2 is 1.27 bits per heavy atom. The largest absolute Gasteiger partial charge is 2.00 e. The molecule has 0 aromatic heterocycles. The molecular formula is C31H40FeO8. The van der Waals surface area contributed by atoms with E-state index in [4.69, 9.17) is 9.84 Å². The van der Waals surface area contributed by atoms with Crippen molar-refractivity contribution in [3.63, 3.8) is 0 Å². The van der Waals surface area contributed by atoms with Crippen molar-refractivity contribution in [3.05, 3.63) is 85.1 Å². The molecule has 1 N–H and O–H groups in total. The smallest absolute Gasteiger partial charge is 0.438 e. The molecule has 0 heterocycles. The number of ether oxygens (including phenoxy) is 3. The topological polar surface area (TPSA) is 116 Å². The normalized spacial score (nSPS) is 14.8. The number of rotatable bonds is 5. The van der Waals surface area contributed by atoms with Gasteiger partial charge in [0.1, 0.15) is 0 Å². The summed E-state index contributed by atoms with van der Waals surface area (Å²) in [5.41, 5.74) is 1.45. The van der Waals surface area contributed by atoms with Crippen LogP contribution in [0.5, 0.6) is 0 Å². The summed E-state index contributed by atoms with van der Waals surface area (Å²) in [4.78, 5) is 47.6. The van der Waals surface area contributed by atoms with Gasteiger partial charge in [0.15, 0.2) is 25.2 Å². The molecule has 0 spiro atoms. The predicted octanol–water partition coefficient (Wildman–Crippen LogP) is 5.74. The van der Waals surface area contributed by atoms with Crippen LogP contribution in [0.4, 0.5) is 0 Å². The number of carbonyl (C=O) groups is 4. The third kappa shape index (κ3) is 9.97. The maximum atomic E-state index is 12.5. The van der Waals surface area contributed by atoms with E-state index >= 15 is 0 Å². The van der Waals surface area contributed by atoms with E-state index in [0.717, 1.165) is 25.7 Å². The number of aliphatic hydroxyl groups is 1. The molecule has 2 fully saturated rings. The molecule has 0 atom stereocenters. The minimum absolute atomic E-state index is 0. The average Bonchev–Trinajstić information content (AvgIpc) is 3.68. The van der Waals surface area contributed by atoms with E-state index in [0.29, 0.717) is 16.7 Å². The maximum absolute atomic E-state index is 12.5. The van der Waals surface area contributed by atoms with E-state index in [1.54, 1.807) is 24.3 Å². The molecule has 0 amide bonds. The molecule has 2 aromatic carbocycles. The van der Waals surface area contributed by atoms with Crippen LogP contribution in [0.2, 0.25) is 0 Å². The summed E-state index contributed by atoms with van der Waals surface area (Å²) < 4.78 is 14.0. The Morgan fingerprint density at radius 3 is 1.77 bits per heavy atom. The minimum Gasteiger partial charge on any atom is -0.438 e. The first-order valence-corrected chi connectivity index (χ1v) is 12.7. The van der Waals surface area contributed by atoms with Crippen LogP contribution in [-0.2, 0) is 36.1 Å². The van der Waals surface area contributed by atoms with Crippen LogP contribution < -0.4 is 0 Å². The number of carbonyl (C=O) groups excluding carboxylic acids is 4. The van der Waals surface area contributed by atoms with Gasteiger partial charge in [-0.15, -0.1) is 0 Å². The van der Waals surface area contributed by atoms with Crippen molar-refractivity contribution in [2.45, 2.75) is 57.8 Å². The number of benzene rings is 2. The van der Waals surface area contributed by atoms with Crippen LogP contribution >= 0.6 is 0 Å². The molecule has 8 nitrogen and oxygen atoms in total. The van der Waals surface area contributed by atoms with Gasteiger partial charge in [0, 0.05) is 29.4 Å². The first kappa shape index (κ1) is 37.2. The van der Waals surface area contributed by atoms with Crippen molar-refractivity contribution < 1.29 is 55.6 Å². The summed E-state index contributed by atoms with van der Waals surface area (Å²) in [7, 11) is 1.40. The first-order chi connectivity index (χ1) is 18.0. The fourth-order valence-corrected chi connectivity index (χ4v) is 4.65. The SMILES string of the molecule is C1CCCC1.COCOC(=O)c1ccc2c(c1)C(=O)c1ccccc1C2=O.O=C(OCO)C1CCCC1.[CH3-].[CH3-].[Fe+2]. The number of esters is 2. The third-order valence-corrected chi connectivity index (χ3v) is 6.61. The van der Waals surface area contributed by atoms with E-state index in [1.165, 1.54) is 57.4 Å². The van der Waals surface area contributed by atoms with Crippen molar-refractivity contribution >= 4 is 23.5 Å². The zero-order chi connectivity index (χ0) is 26.6. The number of methoxy groups -OCH3 is 1. The quantitative estimate of drug-likeness (QED) is 0.172. The van der Waals surface area contributed by atoms with Gasteiger partial charge < -0.3 is 34.2 Å². The van der Waals surface area contributed by atoms with Crippen LogP contribution in [0, 0.1) is 20.8 Å². The molecule has 220 valence electrons. The van der Waals surface area contributed by atoms with Crippen LogP contribution in [0.25, 0.3) is 0 Å². The molecule has 0 unspecified atom stereocenters. The van der Waals surface area contributed by atoms with Crippen molar-refractivity contribution in [2.24, 2.45) is 5.92 Å². The van der Waals surface area contributed by atoms with E-state index in [-0.39, 0.29) is 73.3 Å². The van der Waals surface area contributed by atoms with Gasteiger partial charge in [-0.05, 0) is 31.0 Å². The number of fused-ring (bicyclic) bond motifs is 2. The van der Waals surface area contributed by atoms with Crippen molar-refractivity contribution in [3.8, 4) is 0 Å². The summed E-state index contributed by atoms with van der Waals surface area (Å²) >= 11 is 0. The Bertz CT molecular complexity index is 1100. The maximum Gasteiger partial charge on any atom is 2.00 e. The molecule has 5 rings (SSSR count). The summed E-state index contributed by atoms with van der Waals surface area (Å²) in [5, 5.41) is 8.25. The molecule has 0 saturated heterocycles. The fourth-order valence-electron chi connectivity index (χ4n) is 4.65. The standard InChI is InChI=1S/C17H12O5.C7H12O3.C5H10.2CH3.Fe/c1-21-9-22-17(20)10-6-7-13-14(8-10)16(19)12-5-3-2-4-11(12)15(13)18;8-5-10-7(9)6-3-1-2-4-6;1-2-4-5-3-1;;;/h2-8H,9H2,1H3;6,8H,1-5H2;1-5H2;2*1H3;/q;;;2*-1;+2. The monoisotopic (exact) mass is 596 g/mol. The van der Waals surface area contributed by atoms with Crippen molar-refractivity contribution in [1.82, 2.24) is 0 Å². The summed E-state index contributed by atoms with van der Waals surface area (Å²) in [6.45, 7) is -0.652. The second kappa shape index (κ2) is 19.3. The minimum atomic E-state index is -0.608. The molecule has 0 bridgehead atoms. The molecule has 0 aliphatic heterocycles. The van der Waals surface area contributed by atoms with Gasteiger partial charge in [-0.3, -0.25) is 14.4 Å². The van der Waals surface area contributed by atoms with Crippen molar-refractivity contribution in [1.29, 1.82) is 0 Å². The molecule has 40 heavy (non-hydrogen) atoms. The van der Waals surface area contributed by atoms with Crippen LogP contribution in [0.15, 0.2) is 42.5 Å². The Morgan fingerprint density at radius 1 is 0.775 bits per heavy atom. The van der Waals surface area contributed by atoms with Crippen LogP contribution in [-0.4, -0.2) is 49.3 Å². The van der Waals surface area contributed by atoms with E-state index in [2.05, 4.69) is 9.47 Å². The van der Waals surface area contributed by atoms with Gasteiger partial charge in [0.2, 0.25) is 0 Å². The number of aliphatic hydroxyl groups excluding tert-OH is 1. The molecule has 9 heteroatoms. The molecule has 3 aliphatic rings. The van der Waals surface area contributed by atoms with Gasteiger partial charge in [0.25, 0.3) is 0 Å². The Kier molecular flexibility index (Phi) is 17.9. The summed E-state index contributed by atoms with van der Waals surface area (Å²) in [6, 6.07) is 11.0. The zero-order valence-corrected chi connectivity index (χ0v) is 24.7. The summed E-state index contributed by atoms with van der Waals surface area (Å²) in [6.07, 6.45) is 11.6. The van der Waals surface area contributed by atoms with Crippen LogP contribution in [0.3, 0.4) is 0 Å². The van der Waals surface area contributed by atoms with E-state index in [9.17, 15) is 19.2 Å². The fraction of sp³-hybridized carbons (Fsp3) is 0.419. The molecule has 3 aliphatic carbocycles. The Labute approximate surface area is 248 Å². The average molecular weight is 596 g/mol. The van der Waals surface area contributed by atoms with Crippen molar-refractivity contribution in [2.75, 3.05) is 20.7 Å². The van der Waals surface area contributed by atoms with Gasteiger partial charge in [-0.1, -0.05) is 69.2 Å². The first-order valence-electron chi connectivity index (χ1n) is 12.7. The van der Waals surface area contributed by atoms with Crippen LogP contribution in [0.1, 0.15) is 100.0 Å². The molecule has 2 saturated carbocycles. The van der Waals surface area contributed by atoms with Gasteiger partial charge in [-0.2, -0.15) is 0 Å². The molecule has 2 aromatic rings. The van der Waals surface area contributed by atoms with Gasteiger partial charge in [0.05, 0.1) is 11.5 Å². The number of ketones is 2. The Balaban J connectivity index is 0.000000706. The molecular weight excluding hydrogens is 556 g/mol.